The van der Waals surface area contributed by atoms with Crippen LogP contribution in [0.25, 0.3) is 0 Å². The van der Waals surface area contributed by atoms with Gasteiger partial charge in [0.25, 0.3) is 10.0 Å². The predicted molar refractivity (Wildman–Crippen MR) is 86.4 cm³/mol. The third kappa shape index (κ3) is 3.36. The van der Waals surface area contributed by atoms with Gasteiger partial charge in [0.1, 0.15) is 4.90 Å². The summed E-state index contributed by atoms with van der Waals surface area (Å²) >= 11 is 13.3. The highest BCUT2D eigenvalue weighted by Crippen LogP contribution is 2.30. The Bertz CT molecular complexity index is 768. The van der Waals surface area contributed by atoms with Gasteiger partial charge in [0.05, 0.1) is 10.0 Å². The Labute approximate surface area is 139 Å². The first kappa shape index (κ1) is 15.8. The lowest BCUT2D eigenvalue weighted by Crippen LogP contribution is -2.14. The van der Waals surface area contributed by atoms with Crippen molar-refractivity contribution < 1.29 is 12.8 Å². The Hall–Kier alpha value is -0.570. The van der Waals surface area contributed by atoms with Gasteiger partial charge in [0.15, 0.2) is 5.82 Å². The maximum Gasteiger partial charge on any atom is 0.263 e. The lowest BCUT2D eigenvalue weighted by atomic mass is 10.3. The van der Waals surface area contributed by atoms with E-state index in [1.165, 1.54) is 0 Å². The molecule has 0 bridgehead atoms. The topological polar surface area (TPSA) is 46.2 Å². The summed E-state index contributed by atoms with van der Waals surface area (Å²) in [7, 11) is -3.98. The molecule has 0 aliphatic carbocycles. The molecule has 0 saturated heterocycles. The van der Waals surface area contributed by atoms with E-state index in [9.17, 15) is 12.8 Å². The van der Waals surface area contributed by atoms with Crippen LogP contribution in [0, 0.1) is 9.39 Å². The molecule has 0 radical (unpaired) electrons. The highest BCUT2D eigenvalue weighted by Gasteiger charge is 2.22. The van der Waals surface area contributed by atoms with Gasteiger partial charge in [-0.15, -0.1) is 0 Å². The quantitative estimate of drug-likeness (QED) is 0.557. The Morgan fingerprint density at radius 1 is 1.15 bits per heavy atom. The number of benzene rings is 2. The molecule has 0 aliphatic rings. The van der Waals surface area contributed by atoms with Gasteiger partial charge >= 0.3 is 0 Å². The minimum Gasteiger partial charge on any atom is -0.280 e. The molecule has 0 heterocycles. The molecule has 0 saturated carbocycles. The van der Waals surface area contributed by atoms with Crippen molar-refractivity contribution in [3.8, 4) is 0 Å². The molecule has 2 rings (SSSR count). The van der Waals surface area contributed by atoms with Crippen molar-refractivity contribution in [3.63, 3.8) is 0 Å². The first-order valence-electron chi connectivity index (χ1n) is 5.23. The van der Waals surface area contributed by atoms with Crippen molar-refractivity contribution in [1.29, 1.82) is 0 Å². The van der Waals surface area contributed by atoms with Gasteiger partial charge in [-0.1, -0.05) is 29.3 Å². The molecule has 0 atom stereocenters. The van der Waals surface area contributed by atoms with Gasteiger partial charge in [-0.25, -0.2) is 12.8 Å². The Morgan fingerprint density at radius 2 is 1.85 bits per heavy atom. The lowest BCUT2D eigenvalue weighted by Gasteiger charge is -2.10. The fourth-order valence-electron chi connectivity index (χ4n) is 1.48. The van der Waals surface area contributed by atoms with Crippen LogP contribution in [-0.2, 0) is 10.0 Å². The first-order valence-corrected chi connectivity index (χ1v) is 8.55. The summed E-state index contributed by atoms with van der Waals surface area (Å²) in [4.78, 5) is -0.361. The lowest BCUT2D eigenvalue weighted by molar-refractivity contribution is 0.595. The van der Waals surface area contributed by atoms with E-state index < -0.39 is 20.9 Å². The molecule has 2 aromatic carbocycles. The van der Waals surface area contributed by atoms with Crippen LogP contribution in [0.2, 0.25) is 10.0 Å². The number of anilines is 1. The zero-order valence-corrected chi connectivity index (χ0v) is 14.2. The number of nitrogens with one attached hydrogen (secondary N) is 1. The monoisotopic (exact) mass is 445 g/mol. The third-order valence-corrected chi connectivity index (χ3v) is 5.23. The number of halogens is 4. The summed E-state index contributed by atoms with van der Waals surface area (Å²) in [6.07, 6.45) is 0. The van der Waals surface area contributed by atoms with E-state index in [2.05, 4.69) is 4.72 Å². The number of rotatable bonds is 3. The van der Waals surface area contributed by atoms with Gasteiger partial charge in [-0.3, -0.25) is 4.72 Å². The summed E-state index contributed by atoms with van der Waals surface area (Å²) in [6, 6.07) is 9.03. The normalized spacial score (nSPS) is 11.4. The zero-order chi connectivity index (χ0) is 14.9. The van der Waals surface area contributed by atoms with Crippen LogP contribution in [0.5, 0.6) is 0 Å². The van der Waals surface area contributed by atoms with Crippen molar-refractivity contribution in [1.82, 2.24) is 0 Å². The summed E-state index contributed by atoms with van der Waals surface area (Å²) in [6.45, 7) is 0. The zero-order valence-electron chi connectivity index (χ0n) is 9.70. The molecule has 3 nitrogen and oxygen atoms in total. The SMILES string of the molecule is O=S(=O)(Nc1cccc(I)c1)c1ccc(Cl)c(F)c1Cl. The maximum absolute atomic E-state index is 13.6. The van der Waals surface area contributed by atoms with Crippen molar-refractivity contribution in [2.45, 2.75) is 4.90 Å². The highest BCUT2D eigenvalue weighted by molar-refractivity contribution is 14.1. The van der Waals surface area contributed by atoms with E-state index in [1.54, 1.807) is 18.2 Å². The molecule has 0 unspecified atom stereocenters. The van der Waals surface area contributed by atoms with Crippen molar-refractivity contribution in [3.05, 3.63) is 55.8 Å². The molecule has 2 aromatic rings. The predicted octanol–water partition coefficient (Wildman–Crippen LogP) is 4.54. The van der Waals surface area contributed by atoms with Crippen LogP contribution in [-0.4, -0.2) is 8.42 Å². The van der Waals surface area contributed by atoms with Gasteiger partial charge in [-0.2, -0.15) is 0 Å². The largest absolute Gasteiger partial charge is 0.280 e. The summed E-state index contributed by atoms with van der Waals surface area (Å²) in [5, 5.41) is -0.765. The molecular formula is C12H7Cl2FINO2S. The average molecular weight is 446 g/mol. The molecule has 0 amide bonds. The average Bonchev–Trinajstić information content (AvgIpc) is 2.35. The molecule has 1 N–H and O–H groups in total. The minimum absolute atomic E-state index is 0.233. The molecule has 8 heteroatoms. The molecular weight excluding hydrogens is 439 g/mol. The highest BCUT2D eigenvalue weighted by atomic mass is 127. The van der Waals surface area contributed by atoms with Crippen molar-refractivity contribution in [2.24, 2.45) is 0 Å². The standard InChI is InChI=1S/C12H7Cl2FINO2S/c13-9-4-5-10(11(14)12(9)15)20(18,19)17-8-3-1-2-7(16)6-8/h1-6,17H. The first-order chi connectivity index (χ1) is 9.31. The molecule has 0 aromatic heterocycles. The van der Waals surface area contributed by atoms with Crippen molar-refractivity contribution in [2.75, 3.05) is 4.72 Å². The molecule has 0 spiro atoms. The fraction of sp³-hybridized carbons (Fsp3) is 0. The van der Waals surface area contributed by atoms with Crippen LogP contribution in [0.3, 0.4) is 0 Å². The minimum atomic E-state index is -3.98. The van der Waals surface area contributed by atoms with Crippen LogP contribution >= 0.6 is 45.8 Å². The van der Waals surface area contributed by atoms with E-state index in [1.807, 2.05) is 28.7 Å². The Morgan fingerprint density at radius 3 is 2.50 bits per heavy atom. The fourth-order valence-corrected chi connectivity index (χ4v) is 3.82. The molecule has 0 aliphatic heterocycles. The number of sulfonamides is 1. The van der Waals surface area contributed by atoms with E-state index in [-0.39, 0.29) is 9.92 Å². The second-order valence-electron chi connectivity index (χ2n) is 3.79. The van der Waals surface area contributed by atoms with Gasteiger partial charge < -0.3 is 0 Å². The Kier molecular flexibility index (Phi) is 4.78. The number of hydrogen-bond acceptors (Lipinski definition) is 2. The third-order valence-electron chi connectivity index (χ3n) is 2.37. The van der Waals surface area contributed by atoms with Crippen LogP contribution in [0.1, 0.15) is 0 Å². The number of hydrogen-bond donors (Lipinski definition) is 1. The van der Waals surface area contributed by atoms with Gasteiger partial charge in [0, 0.05) is 9.26 Å². The maximum atomic E-state index is 13.6. The van der Waals surface area contributed by atoms with Crippen LogP contribution in [0.4, 0.5) is 10.1 Å². The van der Waals surface area contributed by atoms with E-state index >= 15 is 0 Å². The molecule has 20 heavy (non-hydrogen) atoms. The van der Waals surface area contributed by atoms with Gasteiger partial charge in [0.2, 0.25) is 0 Å². The van der Waals surface area contributed by atoms with E-state index in [4.69, 9.17) is 23.2 Å². The summed E-state index contributed by atoms with van der Waals surface area (Å²) in [5.74, 6) is -0.959. The summed E-state index contributed by atoms with van der Waals surface area (Å²) < 4.78 is 41.1. The molecule has 0 fully saturated rings. The summed E-state index contributed by atoms with van der Waals surface area (Å²) in [5.41, 5.74) is 0.364. The van der Waals surface area contributed by atoms with Crippen LogP contribution < -0.4 is 4.72 Å². The van der Waals surface area contributed by atoms with E-state index in [0.29, 0.717) is 5.69 Å². The second kappa shape index (κ2) is 6.05. The van der Waals surface area contributed by atoms with Gasteiger partial charge in [-0.05, 0) is 52.9 Å². The van der Waals surface area contributed by atoms with E-state index in [0.717, 1.165) is 15.7 Å². The second-order valence-corrected chi connectivity index (χ2v) is 7.47. The van der Waals surface area contributed by atoms with Crippen molar-refractivity contribution >= 4 is 61.5 Å². The molecule has 106 valence electrons. The van der Waals surface area contributed by atoms with Crippen LogP contribution in [0.15, 0.2) is 41.3 Å². The smallest absolute Gasteiger partial charge is 0.263 e. The Balaban J connectivity index is 2.44.